The van der Waals surface area contributed by atoms with Gasteiger partial charge in [0.2, 0.25) is 0 Å². The van der Waals surface area contributed by atoms with Crippen LogP contribution in [0.25, 0.3) is 10.9 Å². The standard InChI is InChI=1S/C22H24N2O5/c1-3-12-9-24-8-7-13-19-16(5-4-6-17(19)29-2)23-20(13)21(24)14(10-25)18(12)15(11-26)22(27)28/h4-6,10-12,14,21,23H,3,7-9H2,1-2H3,(H,27,28)/b18-15+/t12-,14-,21+/m1/s1. The largest absolute Gasteiger partial charge is 0.496 e. The van der Waals surface area contributed by atoms with Crippen molar-refractivity contribution in [3.63, 3.8) is 0 Å². The molecule has 0 unspecified atom stereocenters. The maximum atomic E-state index is 12.3. The average molecular weight is 396 g/mol. The molecule has 0 amide bonds. The summed E-state index contributed by atoms with van der Waals surface area (Å²) in [6, 6.07) is 5.47. The number of nitrogens with zero attached hydrogens (tertiary/aromatic N) is 1. The minimum atomic E-state index is -1.27. The highest BCUT2D eigenvalue weighted by molar-refractivity contribution is 6.08. The second kappa shape index (κ2) is 7.48. The molecule has 1 fully saturated rings. The van der Waals surface area contributed by atoms with Crippen molar-refractivity contribution >= 4 is 29.4 Å². The number of aldehydes is 2. The van der Waals surface area contributed by atoms with E-state index < -0.39 is 11.9 Å². The van der Waals surface area contributed by atoms with E-state index in [4.69, 9.17) is 4.74 Å². The Bertz CT molecular complexity index is 1020. The van der Waals surface area contributed by atoms with Gasteiger partial charge in [0.05, 0.1) is 24.6 Å². The molecule has 1 aromatic carbocycles. The predicted octanol–water partition coefficient (Wildman–Crippen LogP) is 2.51. The number of nitrogens with one attached hydrogen (secondary N) is 1. The van der Waals surface area contributed by atoms with Crippen molar-refractivity contribution in [2.24, 2.45) is 11.8 Å². The number of aromatic amines is 1. The summed E-state index contributed by atoms with van der Waals surface area (Å²) in [5.41, 5.74) is 3.11. The highest BCUT2D eigenvalue weighted by Crippen LogP contribution is 2.48. The zero-order valence-corrected chi connectivity index (χ0v) is 16.5. The molecule has 2 aliphatic heterocycles. The molecule has 29 heavy (non-hydrogen) atoms. The van der Waals surface area contributed by atoms with Crippen LogP contribution in [-0.4, -0.2) is 53.7 Å². The van der Waals surface area contributed by atoms with Crippen molar-refractivity contribution in [2.45, 2.75) is 25.8 Å². The van der Waals surface area contributed by atoms with Crippen molar-refractivity contribution < 1.29 is 24.2 Å². The lowest BCUT2D eigenvalue weighted by molar-refractivity contribution is -0.133. The third-order valence-corrected chi connectivity index (χ3v) is 6.37. The van der Waals surface area contributed by atoms with Gasteiger partial charge in [-0.1, -0.05) is 13.0 Å². The highest BCUT2D eigenvalue weighted by atomic mass is 16.5. The van der Waals surface area contributed by atoms with Crippen LogP contribution in [-0.2, 0) is 20.8 Å². The zero-order valence-electron chi connectivity index (χ0n) is 16.5. The lowest BCUT2D eigenvalue weighted by Gasteiger charge is -2.47. The molecule has 2 aliphatic rings. The topological polar surface area (TPSA) is 99.7 Å². The molecule has 2 N–H and O–H groups in total. The van der Waals surface area contributed by atoms with Crippen LogP contribution in [0.1, 0.15) is 30.6 Å². The number of hydrogen-bond acceptors (Lipinski definition) is 5. The molecule has 1 saturated heterocycles. The Kier molecular flexibility index (Phi) is 5.00. The number of piperidine rings is 1. The van der Waals surface area contributed by atoms with Crippen molar-refractivity contribution in [3.8, 4) is 5.75 Å². The van der Waals surface area contributed by atoms with Crippen LogP contribution in [0.3, 0.4) is 0 Å². The Morgan fingerprint density at radius 1 is 1.38 bits per heavy atom. The van der Waals surface area contributed by atoms with Gasteiger partial charge in [0.1, 0.15) is 12.0 Å². The van der Waals surface area contributed by atoms with Gasteiger partial charge in [-0.05, 0) is 42.0 Å². The maximum Gasteiger partial charge on any atom is 0.339 e. The molecule has 0 bridgehead atoms. The second-order valence-corrected chi connectivity index (χ2v) is 7.65. The van der Waals surface area contributed by atoms with Crippen LogP contribution in [0.15, 0.2) is 29.3 Å². The molecule has 2 aromatic rings. The van der Waals surface area contributed by atoms with Crippen LogP contribution < -0.4 is 4.74 Å². The van der Waals surface area contributed by atoms with E-state index in [1.807, 2.05) is 25.1 Å². The monoisotopic (exact) mass is 396 g/mol. The van der Waals surface area contributed by atoms with Gasteiger partial charge in [0, 0.05) is 29.7 Å². The van der Waals surface area contributed by atoms with Gasteiger partial charge in [0.25, 0.3) is 0 Å². The minimum absolute atomic E-state index is 0.141. The highest BCUT2D eigenvalue weighted by Gasteiger charge is 2.45. The van der Waals surface area contributed by atoms with Crippen molar-refractivity contribution in [2.75, 3.05) is 20.2 Å². The lowest BCUT2D eigenvalue weighted by atomic mass is 9.72. The number of aromatic nitrogens is 1. The first-order valence-electron chi connectivity index (χ1n) is 9.84. The molecule has 0 radical (unpaired) electrons. The normalized spacial score (nSPS) is 25.8. The summed E-state index contributed by atoms with van der Waals surface area (Å²) in [5.74, 6) is -1.34. The van der Waals surface area contributed by atoms with Gasteiger partial charge < -0.3 is 19.6 Å². The van der Waals surface area contributed by atoms with Crippen molar-refractivity contribution in [1.29, 1.82) is 0 Å². The molecular weight excluding hydrogens is 372 g/mol. The zero-order chi connectivity index (χ0) is 20.7. The summed E-state index contributed by atoms with van der Waals surface area (Å²) in [7, 11) is 1.63. The molecule has 152 valence electrons. The summed E-state index contributed by atoms with van der Waals surface area (Å²) in [4.78, 5) is 41.3. The molecule has 3 heterocycles. The first-order valence-corrected chi connectivity index (χ1v) is 9.84. The number of carboxylic acids is 1. The van der Waals surface area contributed by atoms with E-state index in [1.54, 1.807) is 7.11 Å². The number of carbonyl (C=O) groups is 3. The number of carbonyl (C=O) groups excluding carboxylic acids is 2. The molecular formula is C22H24N2O5. The van der Waals surface area contributed by atoms with Gasteiger partial charge in [0.15, 0.2) is 6.29 Å². The van der Waals surface area contributed by atoms with Crippen LogP contribution in [0.5, 0.6) is 5.75 Å². The number of benzene rings is 1. The maximum absolute atomic E-state index is 12.3. The first-order chi connectivity index (χ1) is 14.0. The Hall–Kier alpha value is -2.93. The molecule has 4 rings (SSSR count). The fraction of sp³-hybridized carbons (Fsp3) is 0.409. The Balaban J connectivity index is 1.94. The third kappa shape index (κ3) is 2.88. The summed E-state index contributed by atoms with van der Waals surface area (Å²) in [6.45, 7) is 3.35. The number of H-pyrrole nitrogens is 1. The van der Waals surface area contributed by atoms with Crippen LogP contribution in [0.2, 0.25) is 0 Å². The van der Waals surface area contributed by atoms with E-state index in [-0.39, 0.29) is 17.5 Å². The van der Waals surface area contributed by atoms with Gasteiger partial charge in [-0.3, -0.25) is 9.69 Å². The van der Waals surface area contributed by atoms with E-state index in [1.165, 1.54) is 0 Å². The number of hydrogen-bond donors (Lipinski definition) is 2. The molecule has 3 atom stereocenters. The summed E-state index contributed by atoms with van der Waals surface area (Å²) < 4.78 is 5.55. The van der Waals surface area contributed by atoms with Crippen molar-refractivity contribution in [3.05, 3.63) is 40.6 Å². The fourth-order valence-electron chi connectivity index (χ4n) is 5.13. The van der Waals surface area contributed by atoms with Crippen LogP contribution in [0, 0.1) is 11.8 Å². The fourth-order valence-corrected chi connectivity index (χ4v) is 5.13. The molecule has 0 saturated carbocycles. The number of carboxylic acid groups (broad SMARTS) is 1. The molecule has 1 aromatic heterocycles. The van der Waals surface area contributed by atoms with Crippen LogP contribution in [0.4, 0.5) is 0 Å². The summed E-state index contributed by atoms with van der Waals surface area (Å²) >= 11 is 0. The molecule has 0 aliphatic carbocycles. The second-order valence-electron chi connectivity index (χ2n) is 7.65. The van der Waals surface area contributed by atoms with Gasteiger partial charge in [-0.2, -0.15) is 0 Å². The molecule has 7 heteroatoms. The van der Waals surface area contributed by atoms with Crippen LogP contribution >= 0.6 is 0 Å². The smallest absolute Gasteiger partial charge is 0.339 e. The number of rotatable bonds is 5. The van der Waals surface area contributed by atoms with Crippen molar-refractivity contribution in [1.82, 2.24) is 9.88 Å². The van der Waals surface area contributed by atoms with E-state index in [2.05, 4.69) is 9.88 Å². The molecule has 7 nitrogen and oxygen atoms in total. The Labute approximate surface area is 168 Å². The predicted molar refractivity (Wildman–Crippen MR) is 107 cm³/mol. The quantitative estimate of drug-likeness (QED) is 0.349. The number of methoxy groups -OCH3 is 1. The first kappa shape index (κ1) is 19.4. The number of aliphatic carboxylic acids is 1. The number of fused-ring (bicyclic) bond motifs is 5. The molecule has 0 spiro atoms. The summed E-state index contributed by atoms with van der Waals surface area (Å²) in [6.07, 6.45) is 2.66. The SMILES string of the molecule is CC[C@@H]1CN2CCc3c([nH]c4cccc(OC)c34)[C@@H]2[C@H](C=O)/C1=C(\C=O)C(=O)O. The van der Waals surface area contributed by atoms with Gasteiger partial charge >= 0.3 is 5.97 Å². The van der Waals surface area contributed by atoms with E-state index in [0.29, 0.717) is 24.8 Å². The lowest BCUT2D eigenvalue weighted by Crippen LogP contribution is -2.49. The van der Waals surface area contributed by atoms with E-state index >= 15 is 0 Å². The Morgan fingerprint density at radius 3 is 2.79 bits per heavy atom. The van der Waals surface area contributed by atoms with Gasteiger partial charge in [-0.15, -0.1) is 0 Å². The minimum Gasteiger partial charge on any atom is -0.496 e. The van der Waals surface area contributed by atoms with Gasteiger partial charge in [-0.25, -0.2) is 4.79 Å². The van der Waals surface area contributed by atoms with E-state index in [9.17, 15) is 19.5 Å². The van der Waals surface area contributed by atoms with E-state index in [0.717, 1.165) is 47.2 Å². The third-order valence-electron chi connectivity index (χ3n) is 6.37. The summed E-state index contributed by atoms with van der Waals surface area (Å²) in [5, 5.41) is 10.6. The average Bonchev–Trinajstić information content (AvgIpc) is 3.12. The number of ether oxygens (including phenoxy) is 1. The Morgan fingerprint density at radius 2 is 2.17 bits per heavy atom.